The van der Waals surface area contributed by atoms with Crippen molar-refractivity contribution < 1.29 is 8.42 Å². The lowest BCUT2D eigenvalue weighted by atomic mass is 10.2. The number of aryl methyl sites for hydroxylation is 1. The Morgan fingerprint density at radius 2 is 2.33 bits per heavy atom. The Morgan fingerprint density at radius 1 is 1.60 bits per heavy atom. The topological polar surface area (TPSA) is 73.0 Å². The molecule has 0 bridgehead atoms. The second-order valence-electron chi connectivity index (χ2n) is 4.00. The van der Waals surface area contributed by atoms with Crippen LogP contribution in [0.15, 0.2) is 0 Å². The average molecular weight is 246 g/mol. The molecule has 1 atom stereocenters. The third kappa shape index (κ3) is 2.56. The summed E-state index contributed by atoms with van der Waals surface area (Å²) in [6.07, 6.45) is 1.30. The van der Waals surface area contributed by atoms with Crippen molar-refractivity contribution in [2.24, 2.45) is 5.73 Å². The molecule has 1 unspecified atom stereocenters. The fourth-order valence-electron chi connectivity index (χ4n) is 1.63. The van der Waals surface area contributed by atoms with Gasteiger partial charge >= 0.3 is 0 Å². The van der Waals surface area contributed by atoms with E-state index in [1.807, 2.05) is 6.92 Å². The van der Waals surface area contributed by atoms with Gasteiger partial charge in [-0.15, -0.1) is 11.3 Å². The van der Waals surface area contributed by atoms with Crippen molar-refractivity contribution >= 4 is 21.2 Å². The Morgan fingerprint density at radius 3 is 3.00 bits per heavy atom. The summed E-state index contributed by atoms with van der Waals surface area (Å²) in [6.45, 7) is 1.93. The molecule has 1 aliphatic heterocycles. The molecule has 0 fully saturated rings. The fourth-order valence-corrected chi connectivity index (χ4v) is 4.67. The van der Waals surface area contributed by atoms with Crippen LogP contribution in [0.3, 0.4) is 0 Å². The van der Waals surface area contributed by atoms with Crippen LogP contribution in [0.5, 0.6) is 0 Å². The van der Waals surface area contributed by atoms with E-state index in [1.54, 1.807) is 0 Å². The molecule has 0 radical (unpaired) electrons. The van der Waals surface area contributed by atoms with Gasteiger partial charge in [-0.05, 0) is 6.92 Å². The molecule has 1 aliphatic rings. The van der Waals surface area contributed by atoms with E-state index in [9.17, 15) is 8.42 Å². The minimum absolute atomic E-state index is 0.0780. The molecule has 0 saturated heterocycles. The van der Waals surface area contributed by atoms with Gasteiger partial charge in [0.1, 0.15) is 0 Å². The third-order valence-corrected chi connectivity index (χ3v) is 5.18. The van der Waals surface area contributed by atoms with Crippen LogP contribution in [-0.4, -0.2) is 25.2 Å². The summed E-state index contributed by atoms with van der Waals surface area (Å²) in [4.78, 5) is 5.34. The maximum absolute atomic E-state index is 11.4. The number of rotatable bonds is 2. The van der Waals surface area contributed by atoms with Gasteiger partial charge in [0, 0.05) is 23.8 Å². The highest BCUT2D eigenvalue weighted by Crippen LogP contribution is 2.26. The Kier molecular flexibility index (Phi) is 2.83. The number of nitrogens with zero attached hydrogens (tertiary/aromatic N) is 1. The third-order valence-electron chi connectivity index (χ3n) is 2.32. The summed E-state index contributed by atoms with van der Waals surface area (Å²) >= 11 is 1.50. The van der Waals surface area contributed by atoms with Gasteiger partial charge < -0.3 is 5.73 Å². The van der Waals surface area contributed by atoms with E-state index in [-0.39, 0.29) is 17.5 Å². The first-order chi connectivity index (χ1) is 6.96. The maximum atomic E-state index is 11.4. The highest BCUT2D eigenvalue weighted by atomic mass is 32.2. The smallest absolute Gasteiger partial charge is 0.155 e. The molecule has 4 nitrogen and oxygen atoms in total. The number of thiazole rings is 1. The monoisotopic (exact) mass is 246 g/mol. The normalized spacial score (nSPS) is 20.9. The van der Waals surface area contributed by atoms with E-state index in [4.69, 9.17) is 5.73 Å². The van der Waals surface area contributed by atoms with Gasteiger partial charge in [-0.3, -0.25) is 0 Å². The van der Waals surface area contributed by atoms with Crippen LogP contribution in [0.25, 0.3) is 0 Å². The molecule has 15 heavy (non-hydrogen) atoms. The van der Waals surface area contributed by atoms with E-state index in [1.165, 1.54) is 11.3 Å². The predicted octanol–water partition coefficient (Wildman–Crippen LogP) is 0.504. The molecule has 1 aromatic heterocycles. The lowest BCUT2D eigenvalue weighted by Gasteiger charge is -2.09. The highest BCUT2D eigenvalue weighted by molar-refractivity contribution is 7.90. The zero-order valence-corrected chi connectivity index (χ0v) is 10.2. The molecule has 0 aliphatic carbocycles. The van der Waals surface area contributed by atoms with Crippen LogP contribution in [0, 0.1) is 0 Å². The lowest BCUT2D eigenvalue weighted by molar-refractivity contribution is 0.591. The molecule has 6 heteroatoms. The van der Waals surface area contributed by atoms with Crippen molar-refractivity contribution in [2.45, 2.75) is 31.6 Å². The Bertz CT molecular complexity index is 462. The van der Waals surface area contributed by atoms with E-state index in [0.717, 1.165) is 22.0 Å². The second kappa shape index (κ2) is 3.84. The molecule has 2 rings (SSSR count). The molecule has 0 aromatic carbocycles. The van der Waals surface area contributed by atoms with Crippen LogP contribution >= 0.6 is 11.3 Å². The SMILES string of the molecule is CC(N)Cc1nc2c(s1)CS(=O)(=O)CC2. The molecule has 0 saturated carbocycles. The molecule has 0 spiro atoms. The number of hydrogen-bond acceptors (Lipinski definition) is 5. The number of hydrogen-bond donors (Lipinski definition) is 1. The number of nitrogens with two attached hydrogens (primary N) is 1. The van der Waals surface area contributed by atoms with Gasteiger partial charge in [0.05, 0.1) is 22.2 Å². The van der Waals surface area contributed by atoms with Crippen LogP contribution in [0.1, 0.15) is 22.5 Å². The molecule has 84 valence electrons. The van der Waals surface area contributed by atoms with E-state index in [0.29, 0.717) is 6.42 Å². The Hall–Kier alpha value is -0.460. The van der Waals surface area contributed by atoms with Crippen molar-refractivity contribution in [3.05, 3.63) is 15.6 Å². The number of aromatic nitrogens is 1. The van der Waals surface area contributed by atoms with Gasteiger partial charge in [-0.2, -0.15) is 0 Å². The van der Waals surface area contributed by atoms with Gasteiger partial charge in [0.15, 0.2) is 9.84 Å². The fraction of sp³-hybridized carbons (Fsp3) is 0.667. The van der Waals surface area contributed by atoms with Crippen LogP contribution < -0.4 is 5.73 Å². The van der Waals surface area contributed by atoms with Gasteiger partial charge in [0.2, 0.25) is 0 Å². The lowest BCUT2D eigenvalue weighted by Crippen LogP contribution is -2.18. The summed E-state index contributed by atoms with van der Waals surface area (Å²) in [5.41, 5.74) is 6.65. The standard InChI is InChI=1S/C9H14N2O2S2/c1-6(10)4-9-11-7-2-3-15(12,13)5-8(7)14-9/h6H,2-5,10H2,1H3. The minimum Gasteiger partial charge on any atom is -0.328 e. The van der Waals surface area contributed by atoms with Crippen LogP contribution in [0.2, 0.25) is 0 Å². The summed E-state index contributed by atoms with van der Waals surface area (Å²) in [7, 11) is -2.87. The zero-order chi connectivity index (χ0) is 11.1. The molecule has 2 heterocycles. The molecular weight excluding hydrogens is 232 g/mol. The molecule has 2 N–H and O–H groups in total. The average Bonchev–Trinajstić information content (AvgIpc) is 2.42. The summed E-state index contributed by atoms with van der Waals surface area (Å²) in [5.74, 6) is 0.403. The van der Waals surface area contributed by atoms with Gasteiger partial charge in [0.25, 0.3) is 0 Å². The van der Waals surface area contributed by atoms with Crippen molar-refractivity contribution in [2.75, 3.05) is 5.75 Å². The zero-order valence-electron chi connectivity index (χ0n) is 8.56. The Labute approximate surface area is 93.4 Å². The predicted molar refractivity (Wildman–Crippen MR) is 60.7 cm³/mol. The summed E-state index contributed by atoms with van der Waals surface area (Å²) in [5, 5.41) is 0.965. The van der Waals surface area contributed by atoms with Crippen LogP contribution in [0.4, 0.5) is 0 Å². The summed E-state index contributed by atoms with van der Waals surface area (Å²) < 4.78 is 22.8. The number of fused-ring (bicyclic) bond motifs is 1. The highest BCUT2D eigenvalue weighted by Gasteiger charge is 2.24. The van der Waals surface area contributed by atoms with E-state index in [2.05, 4.69) is 4.98 Å². The maximum Gasteiger partial charge on any atom is 0.155 e. The van der Waals surface area contributed by atoms with Gasteiger partial charge in [-0.25, -0.2) is 13.4 Å². The quantitative estimate of drug-likeness (QED) is 0.825. The Balaban J connectivity index is 2.25. The van der Waals surface area contributed by atoms with Crippen molar-refractivity contribution in [3.63, 3.8) is 0 Å². The molecule has 1 aromatic rings. The van der Waals surface area contributed by atoms with Crippen molar-refractivity contribution in [3.8, 4) is 0 Å². The first-order valence-electron chi connectivity index (χ1n) is 4.90. The first-order valence-corrected chi connectivity index (χ1v) is 7.53. The summed E-state index contributed by atoms with van der Waals surface area (Å²) in [6, 6.07) is 0.0780. The van der Waals surface area contributed by atoms with Crippen LogP contribution in [-0.2, 0) is 28.4 Å². The van der Waals surface area contributed by atoms with Crippen molar-refractivity contribution in [1.29, 1.82) is 0 Å². The minimum atomic E-state index is -2.87. The molecule has 0 amide bonds. The largest absolute Gasteiger partial charge is 0.328 e. The van der Waals surface area contributed by atoms with Gasteiger partial charge in [-0.1, -0.05) is 0 Å². The number of sulfone groups is 1. The second-order valence-corrected chi connectivity index (χ2v) is 7.35. The van der Waals surface area contributed by atoms with E-state index >= 15 is 0 Å². The van der Waals surface area contributed by atoms with Crippen molar-refractivity contribution in [1.82, 2.24) is 4.98 Å². The first kappa shape index (κ1) is 11.0. The molecular formula is C9H14N2O2S2. The van der Waals surface area contributed by atoms with E-state index < -0.39 is 9.84 Å².